The second kappa shape index (κ2) is 6.55. The summed E-state index contributed by atoms with van der Waals surface area (Å²) >= 11 is 5.76. The van der Waals surface area contributed by atoms with Crippen LogP contribution in [0.4, 0.5) is 0 Å². The Balaban J connectivity index is 2.90. The standard InChI is InChI=1S/C13H20ClNO2S/c1-4-10(2)13(15-3)9-18(16,17)12-7-5-11(14)6-8-12/h5-8,10,13,15H,4,9H2,1-3H3. The normalized spacial score (nSPS) is 15.3. The van der Waals surface area contributed by atoms with E-state index < -0.39 is 9.84 Å². The van der Waals surface area contributed by atoms with E-state index in [0.29, 0.717) is 15.8 Å². The minimum atomic E-state index is -3.26. The smallest absolute Gasteiger partial charge is 0.179 e. The van der Waals surface area contributed by atoms with Gasteiger partial charge in [0.15, 0.2) is 9.84 Å². The first-order valence-corrected chi connectivity index (χ1v) is 8.09. The lowest BCUT2D eigenvalue weighted by Gasteiger charge is -2.22. The van der Waals surface area contributed by atoms with Crippen LogP contribution in [0.3, 0.4) is 0 Å². The average molecular weight is 290 g/mol. The molecule has 0 radical (unpaired) electrons. The monoisotopic (exact) mass is 289 g/mol. The lowest BCUT2D eigenvalue weighted by Crippen LogP contribution is -2.38. The summed E-state index contributed by atoms with van der Waals surface area (Å²) in [5, 5.41) is 3.63. The zero-order chi connectivity index (χ0) is 13.8. The zero-order valence-corrected chi connectivity index (χ0v) is 12.6. The van der Waals surface area contributed by atoms with Crippen LogP contribution < -0.4 is 5.32 Å². The number of sulfone groups is 1. The molecular weight excluding hydrogens is 270 g/mol. The Kier molecular flexibility index (Phi) is 5.63. The van der Waals surface area contributed by atoms with Gasteiger partial charge in [-0.25, -0.2) is 8.42 Å². The molecular formula is C13H20ClNO2S. The Morgan fingerprint density at radius 2 is 1.83 bits per heavy atom. The fourth-order valence-electron chi connectivity index (χ4n) is 1.79. The fourth-order valence-corrected chi connectivity index (χ4v) is 3.63. The predicted octanol–water partition coefficient (Wildman–Crippen LogP) is 2.75. The van der Waals surface area contributed by atoms with Crippen LogP contribution in [0.5, 0.6) is 0 Å². The summed E-state index contributed by atoms with van der Waals surface area (Å²) in [4.78, 5) is 0.329. The van der Waals surface area contributed by atoms with Crippen molar-refractivity contribution in [3.63, 3.8) is 0 Å². The minimum Gasteiger partial charge on any atom is -0.316 e. The molecule has 1 aromatic carbocycles. The maximum Gasteiger partial charge on any atom is 0.179 e. The summed E-state index contributed by atoms with van der Waals surface area (Å²) in [5.74, 6) is 0.428. The molecule has 0 saturated carbocycles. The SMILES string of the molecule is CCC(C)C(CS(=O)(=O)c1ccc(Cl)cc1)NC. The van der Waals surface area contributed by atoms with Crippen molar-refractivity contribution in [3.05, 3.63) is 29.3 Å². The third-order valence-corrected chi connectivity index (χ3v) is 5.31. The maximum absolute atomic E-state index is 12.3. The van der Waals surface area contributed by atoms with E-state index in [1.54, 1.807) is 31.3 Å². The number of halogens is 1. The molecule has 0 spiro atoms. The van der Waals surface area contributed by atoms with Crippen molar-refractivity contribution in [3.8, 4) is 0 Å². The highest BCUT2D eigenvalue weighted by atomic mass is 35.5. The summed E-state index contributed by atoms with van der Waals surface area (Å²) in [6, 6.07) is 6.29. The molecule has 18 heavy (non-hydrogen) atoms. The highest BCUT2D eigenvalue weighted by Gasteiger charge is 2.23. The first-order chi connectivity index (χ1) is 8.40. The first-order valence-electron chi connectivity index (χ1n) is 6.06. The van der Waals surface area contributed by atoms with Crippen molar-refractivity contribution in [1.29, 1.82) is 0 Å². The van der Waals surface area contributed by atoms with Crippen LogP contribution in [0.2, 0.25) is 5.02 Å². The van der Waals surface area contributed by atoms with Gasteiger partial charge in [-0.05, 0) is 37.2 Å². The number of nitrogens with one attached hydrogen (secondary N) is 1. The van der Waals surface area contributed by atoms with Crippen LogP contribution in [0.1, 0.15) is 20.3 Å². The molecule has 1 N–H and O–H groups in total. The summed E-state index contributed by atoms with van der Waals surface area (Å²) in [5.41, 5.74) is 0. The van der Waals surface area contributed by atoms with Crippen LogP contribution in [0.15, 0.2) is 29.2 Å². The van der Waals surface area contributed by atoms with Gasteiger partial charge in [-0.3, -0.25) is 0 Å². The molecule has 102 valence electrons. The molecule has 0 heterocycles. The van der Waals surface area contributed by atoms with Crippen molar-refractivity contribution in [2.24, 2.45) is 5.92 Å². The molecule has 2 unspecified atom stereocenters. The Morgan fingerprint density at radius 1 is 1.28 bits per heavy atom. The quantitative estimate of drug-likeness (QED) is 0.876. The first kappa shape index (κ1) is 15.5. The van der Waals surface area contributed by atoms with E-state index in [1.807, 2.05) is 0 Å². The summed E-state index contributed by atoms with van der Waals surface area (Å²) in [7, 11) is -1.46. The minimum absolute atomic E-state index is 0.0318. The van der Waals surface area contributed by atoms with Crippen molar-refractivity contribution in [2.45, 2.75) is 31.2 Å². The Morgan fingerprint density at radius 3 is 2.28 bits per heavy atom. The predicted molar refractivity (Wildman–Crippen MR) is 75.8 cm³/mol. The number of benzene rings is 1. The van der Waals surface area contributed by atoms with Crippen molar-refractivity contribution in [2.75, 3.05) is 12.8 Å². The molecule has 1 aromatic rings. The van der Waals surface area contributed by atoms with Gasteiger partial charge in [-0.15, -0.1) is 0 Å². The van der Waals surface area contributed by atoms with Crippen molar-refractivity contribution < 1.29 is 8.42 Å². The number of hydrogen-bond donors (Lipinski definition) is 1. The fraction of sp³-hybridized carbons (Fsp3) is 0.538. The van der Waals surface area contributed by atoms with E-state index in [2.05, 4.69) is 19.2 Å². The van der Waals surface area contributed by atoms with Crippen LogP contribution in [-0.4, -0.2) is 27.3 Å². The highest BCUT2D eigenvalue weighted by Crippen LogP contribution is 2.18. The van der Waals surface area contributed by atoms with E-state index in [0.717, 1.165) is 6.42 Å². The Hall–Kier alpha value is -0.580. The topological polar surface area (TPSA) is 46.2 Å². The van der Waals surface area contributed by atoms with E-state index in [1.165, 1.54) is 0 Å². The Bertz CT molecular complexity index is 470. The molecule has 2 atom stereocenters. The van der Waals surface area contributed by atoms with Gasteiger partial charge in [-0.2, -0.15) is 0 Å². The number of hydrogen-bond acceptors (Lipinski definition) is 3. The lowest BCUT2D eigenvalue weighted by atomic mass is 10.0. The molecule has 0 saturated heterocycles. The average Bonchev–Trinajstić information content (AvgIpc) is 2.35. The third-order valence-electron chi connectivity index (χ3n) is 3.27. The third kappa shape index (κ3) is 3.97. The van der Waals surface area contributed by atoms with Gasteiger partial charge in [0.25, 0.3) is 0 Å². The molecule has 0 aromatic heterocycles. The van der Waals surface area contributed by atoms with E-state index in [-0.39, 0.29) is 11.8 Å². The van der Waals surface area contributed by atoms with Gasteiger partial charge in [0.1, 0.15) is 0 Å². The van der Waals surface area contributed by atoms with Gasteiger partial charge in [0.2, 0.25) is 0 Å². The molecule has 3 nitrogen and oxygen atoms in total. The summed E-state index contributed by atoms with van der Waals surface area (Å²) < 4.78 is 24.5. The maximum atomic E-state index is 12.3. The van der Waals surface area contributed by atoms with Gasteiger partial charge in [0, 0.05) is 11.1 Å². The Labute approximate surface area is 114 Å². The molecule has 0 fully saturated rings. The molecule has 0 aliphatic rings. The van der Waals surface area contributed by atoms with Gasteiger partial charge in [-0.1, -0.05) is 31.9 Å². The van der Waals surface area contributed by atoms with Gasteiger partial charge in [0.05, 0.1) is 10.6 Å². The zero-order valence-electron chi connectivity index (χ0n) is 11.0. The second-order valence-electron chi connectivity index (χ2n) is 4.52. The van der Waals surface area contributed by atoms with Crippen molar-refractivity contribution >= 4 is 21.4 Å². The van der Waals surface area contributed by atoms with Gasteiger partial charge >= 0.3 is 0 Å². The number of rotatable bonds is 6. The largest absolute Gasteiger partial charge is 0.316 e. The van der Waals surface area contributed by atoms with Crippen LogP contribution in [0, 0.1) is 5.92 Å². The summed E-state index contributed by atoms with van der Waals surface area (Å²) in [6.45, 7) is 4.11. The molecule has 0 amide bonds. The van der Waals surface area contributed by atoms with E-state index >= 15 is 0 Å². The lowest BCUT2D eigenvalue weighted by molar-refractivity contribution is 0.414. The van der Waals surface area contributed by atoms with E-state index in [9.17, 15) is 8.42 Å². The second-order valence-corrected chi connectivity index (χ2v) is 6.99. The van der Waals surface area contributed by atoms with Gasteiger partial charge < -0.3 is 5.32 Å². The highest BCUT2D eigenvalue weighted by molar-refractivity contribution is 7.91. The molecule has 5 heteroatoms. The molecule has 0 aliphatic heterocycles. The van der Waals surface area contributed by atoms with Crippen molar-refractivity contribution in [1.82, 2.24) is 5.32 Å². The van der Waals surface area contributed by atoms with Crippen LogP contribution in [0.25, 0.3) is 0 Å². The van der Waals surface area contributed by atoms with Crippen LogP contribution in [-0.2, 0) is 9.84 Å². The molecule has 0 bridgehead atoms. The molecule has 0 aliphatic carbocycles. The molecule has 1 rings (SSSR count). The van der Waals surface area contributed by atoms with E-state index in [4.69, 9.17) is 11.6 Å². The summed E-state index contributed by atoms with van der Waals surface area (Å²) in [6.07, 6.45) is 0.946. The van der Waals surface area contributed by atoms with Crippen LogP contribution >= 0.6 is 11.6 Å².